The Balaban J connectivity index is 2.73. The van der Waals surface area contributed by atoms with E-state index in [1.807, 2.05) is 0 Å². The van der Waals surface area contributed by atoms with Crippen molar-refractivity contribution in [3.05, 3.63) is 24.3 Å². The summed E-state index contributed by atoms with van der Waals surface area (Å²) in [4.78, 5) is 21.7. The van der Waals surface area contributed by atoms with Crippen molar-refractivity contribution < 1.29 is 48.4 Å². The van der Waals surface area contributed by atoms with Crippen molar-refractivity contribution in [1.29, 1.82) is 0 Å². The average Bonchev–Trinajstić information content (AvgIpc) is 2.22. The number of hydrogen-bond donors (Lipinski definition) is 4. The van der Waals surface area contributed by atoms with Crippen LogP contribution in [0.2, 0.25) is 0 Å². The molecule has 0 spiro atoms. The zero-order valence-corrected chi connectivity index (χ0v) is 13.4. The van der Waals surface area contributed by atoms with Gasteiger partial charge in [0.05, 0.1) is 0 Å². The van der Waals surface area contributed by atoms with Gasteiger partial charge in [0.25, 0.3) is 0 Å². The highest BCUT2D eigenvalue weighted by Crippen LogP contribution is 2.95. The van der Waals surface area contributed by atoms with Crippen molar-refractivity contribution in [1.82, 2.24) is 9.44 Å². The van der Waals surface area contributed by atoms with Gasteiger partial charge in [-0.1, -0.05) is 38.9 Å². The molecule has 18 heteroatoms. The number of anilines is 2. The van der Waals surface area contributed by atoms with Crippen LogP contribution in [0.1, 0.15) is 0 Å². The Hall–Kier alpha value is -2.24. The van der Waals surface area contributed by atoms with E-state index >= 15 is 0 Å². The molecule has 1 aromatic carbocycles. The minimum atomic E-state index is -10.2. The Kier molecular flexibility index (Phi) is 3.96. The highest BCUT2D eigenvalue weighted by molar-refractivity contribution is 8.44. The quantitative estimate of drug-likeness (QED) is 0.406. The Bertz CT molecular complexity index is 679. The topological polar surface area (TPSA) is 82.3 Å². The third-order valence-corrected chi connectivity index (χ3v) is 3.11. The van der Waals surface area contributed by atoms with Crippen LogP contribution >= 0.6 is 20.8 Å². The highest BCUT2D eigenvalue weighted by atomic mass is 32.5. The van der Waals surface area contributed by atoms with E-state index in [-0.39, 0.29) is 0 Å². The van der Waals surface area contributed by atoms with Crippen molar-refractivity contribution in [3.8, 4) is 0 Å². The fraction of sp³-hybridized carbons (Fsp3) is 0. The lowest BCUT2D eigenvalue weighted by Crippen LogP contribution is -2.37. The van der Waals surface area contributed by atoms with Gasteiger partial charge in [0.15, 0.2) is 0 Å². The summed E-state index contributed by atoms with van der Waals surface area (Å²) in [6.07, 6.45) is 0. The second-order valence-electron chi connectivity index (χ2n) is 4.63. The van der Waals surface area contributed by atoms with Crippen molar-refractivity contribution >= 4 is 44.3 Å². The van der Waals surface area contributed by atoms with Crippen molar-refractivity contribution in [3.63, 3.8) is 0 Å². The largest absolute Gasteiger partial charge is 0.365 e. The minimum Gasteiger partial charge on any atom is -0.307 e. The van der Waals surface area contributed by atoms with E-state index in [1.54, 1.807) is 0 Å². The summed E-state index contributed by atoms with van der Waals surface area (Å²) in [6.45, 7) is 0. The first-order valence-corrected chi connectivity index (χ1v) is 9.58. The summed E-state index contributed by atoms with van der Waals surface area (Å²) in [5, 5.41) is 2.67. The fourth-order valence-corrected chi connectivity index (χ4v) is 2.10. The summed E-state index contributed by atoms with van der Waals surface area (Å²) in [5.74, 6) is 0. The summed E-state index contributed by atoms with van der Waals surface area (Å²) in [7, 11) is -20.5. The molecule has 0 radical (unpaired) electrons. The van der Waals surface area contributed by atoms with Gasteiger partial charge in [-0.3, -0.25) is 0 Å². The maximum Gasteiger partial charge on any atom is 0.365 e. The second kappa shape index (κ2) is 4.72. The molecule has 154 valence electrons. The molecule has 0 aliphatic rings. The van der Waals surface area contributed by atoms with Crippen LogP contribution in [0.5, 0.6) is 0 Å². The van der Waals surface area contributed by atoms with Crippen LogP contribution in [-0.4, -0.2) is 12.1 Å². The van der Waals surface area contributed by atoms with E-state index in [1.165, 1.54) is 10.6 Å². The number of carbonyl (C=O) groups excluding carboxylic acids is 2. The number of nitrogens with one attached hydrogen (secondary N) is 4. The number of hydrogen-bond acceptors (Lipinski definition) is 2. The van der Waals surface area contributed by atoms with Crippen LogP contribution in [-0.2, 0) is 0 Å². The molecule has 0 heterocycles. The van der Waals surface area contributed by atoms with Gasteiger partial charge in [0.2, 0.25) is 0 Å². The van der Waals surface area contributed by atoms with Crippen molar-refractivity contribution in [2.24, 2.45) is 0 Å². The lowest BCUT2D eigenvalue weighted by molar-refractivity contribution is 0.248. The van der Waals surface area contributed by atoms with E-state index in [2.05, 4.69) is 0 Å². The standard InChI is InChI=1S/C8H8F10N4O2S2/c9-25(10,11,12,13)21-7(23)19-5-1-2-6(4-3-5)20-8(24)22-26(14,15,16,17)18/h1-4H,(H2,19,21,23)(H2,20,22,24). The van der Waals surface area contributed by atoms with Crippen LogP contribution in [0, 0.1) is 0 Å². The fourth-order valence-electron chi connectivity index (χ4n) is 1.30. The molecule has 1 aromatic rings. The average molecular weight is 446 g/mol. The van der Waals surface area contributed by atoms with Gasteiger partial charge in [-0.05, 0) is 24.3 Å². The SMILES string of the molecule is O=C(Nc1ccc(NC(=O)NS(F)(F)(F)(F)F)cc1)NS(F)(F)(F)(F)F. The monoisotopic (exact) mass is 446 g/mol. The van der Waals surface area contributed by atoms with Gasteiger partial charge in [0.1, 0.15) is 0 Å². The maximum atomic E-state index is 12.0. The molecule has 0 bridgehead atoms. The Labute approximate surface area is 138 Å². The molecular weight excluding hydrogens is 438 g/mol. The van der Waals surface area contributed by atoms with E-state index in [4.69, 9.17) is 0 Å². The molecule has 0 aliphatic carbocycles. The van der Waals surface area contributed by atoms with Crippen LogP contribution in [0.3, 0.4) is 0 Å². The van der Waals surface area contributed by atoms with Crippen LogP contribution < -0.4 is 20.1 Å². The smallest absolute Gasteiger partial charge is 0.307 e. The lowest BCUT2D eigenvalue weighted by Gasteiger charge is -2.40. The molecule has 4 N–H and O–H groups in total. The molecule has 4 amide bonds. The maximum absolute atomic E-state index is 12.0. The predicted octanol–water partition coefficient (Wildman–Crippen LogP) is 6.36. The zero-order valence-electron chi connectivity index (χ0n) is 11.7. The number of rotatable bonds is 4. The summed E-state index contributed by atoms with van der Waals surface area (Å²) < 4.78 is 119. The number of amides is 4. The highest BCUT2D eigenvalue weighted by Gasteiger charge is 2.65. The summed E-state index contributed by atoms with van der Waals surface area (Å²) >= 11 is 0. The zero-order chi connectivity index (χ0) is 20.8. The first-order valence-electron chi connectivity index (χ1n) is 5.68. The van der Waals surface area contributed by atoms with E-state index in [0.29, 0.717) is 24.3 Å². The Morgan fingerprint density at radius 3 is 1.00 bits per heavy atom. The molecule has 0 aliphatic heterocycles. The summed E-state index contributed by atoms with van der Waals surface area (Å²) in [5.41, 5.74) is -1.08. The van der Waals surface area contributed by atoms with Gasteiger partial charge in [-0.15, -0.1) is 0 Å². The molecule has 0 aromatic heterocycles. The molecule has 1 rings (SSSR count). The lowest BCUT2D eigenvalue weighted by atomic mass is 10.3. The van der Waals surface area contributed by atoms with Gasteiger partial charge in [-0.2, -0.15) is 0 Å². The minimum absolute atomic E-state index is 0.448. The van der Waals surface area contributed by atoms with E-state index in [9.17, 15) is 48.4 Å². The Morgan fingerprint density at radius 1 is 0.577 bits per heavy atom. The number of halogens is 10. The van der Waals surface area contributed by atoms with Crippen molar-refractivity contribution in [2.75, 3.05) is 10.6 Å². The molecule has 0 unspecified atom stereocenters. The number of benzene rings is 1. The first-order chi connectivity index (χ1) is 10.9. The van der Waals surface area contributed by atoms with Gasteiger partial charge < -0.3 is 10.6 Å². The normalized spacial score (nSPS) is 17.6. The van der Waals surface area contributed by atoms with Gasteiger partial charge >= 0.3 is 32.9 Å². The summed E-state index contributed by atoms with van der Waals surface area (Å²) in [6, 6.07) is -1.99. The van der Waals surface area contributed by atoms with Crippen molar-refractivity contribution in [2.45, 2.75) is 0 Å². The number of urea groups is 2. The predicted molar refractivity (Wildman–Crippen MR) is 77.0 cm³/mol. The molecule has 0 atom stereocenters. The molecular formula is C8H8F10N4O2S2. The first kappa shape index (κ1) is 21.8. The number of carbonyl (C=O) groups is 2. The molecule has 0 fully saturated rings. The van der Waals surface area contributed by atoms with Crippen LogP contribution in [0.25, 0.3) is 0 Å². The second-order valence-corrected chi connectivity index (χ2v) is 8.91. The molecule has 6 nitrogen and oxygen atoms in total. The third kappa shape index (κ3) is 10.6. The van der Waals surface area contributed by atoms with Gasteiger partial charge in [-0.25, -0.2) is 19.0 Å². The van der Waals surface area contributed by atoms with Crippen LogP contribution in [0.15, 0.2) is 24.3 Å². The Morgan fingerprint density at radius 2 is 0.808 bits per heavy atom. The molecule has 26 heavy (non-hydrogen) atoms. The van der Waals surface area contributed by atoms with Gasteiger partial charge in [0, 0.05) is 11.4 Å². The molecule has 0 saturated heterocycles. The van der Waals surface area contributed by atoms with Crippen LogP contribution in [0.4, 0.5) is 59.8 Å². The van der Waals surface area contributed by atoms with E-state index in [0.717, 1.165) is 0 Å². The van der Waals surface area contributed by atoms with E-state index < -0.39 is 53.7 Å². The third-order valence-electron chi connectivity index (χ3n) is 1.97. The molecule has 0 saturated carbocycles.